The lowest BCUT2D eigenvalue weighted by Gasteiger charge is -2.60. The van der Waals surface area contributed by atoms with Gasteiger partial charge < -0.3 is 40.5 Å². The molecular formula is C49H56F10N10O8. The number of carbonyl (C=O) groups excluding carboxylic acids is 3. The molecule has 6 heterocycles. The number of ether oxygens (including phenoxy) is 2. The number of amides is 4. The molecule has 0 spiro atoms. The van der Waals surface area contributed by atoms with Crippen molar-refractivity contribution in [3.05, 3.63) is 89.8 Å². The molecule has 18 nitrogen and oxygen atoms in total. The SMILES string of the molecule is COC(=O)N[C@H](C(=O)N[C@@H](Cc1ccc(-c2ccc(N3CC4CC(C3)N4C3COC3)nc2)cc1)[C@@H](O)CN(Cc1c(F)cc(-c2ccn(C(F)F)n2)cc1F)NC(=O)[C@@H](NC(=O)O)C(C)(C)C(F)(F)F)C(C)(C)C(F)(F)F. The number of methoxy groups -OCH3 is 1. The van der Waals surface area contributed by atoms with Gasteiger partial charge in [0.25, 0.3) is 5.91 Å². The molecule has 6 N–H and O–H groups in total. The van der Waals surface area contributed by atoms with Crippen LogP contribution in [0, 0.1) is 22.5 Å². The van der Waals surface area contributed by atoms with Crippen molar-refractivity contribution in [2.45, 2.75) is 108 Å². The highest BCUT2D eigenvalue weighted by Gasteiger charge is 2.57. The van der Waals surface area contributed by atoms with E-state index in [0.29, 0.717) is 79.7 Å². The predicted molar refractivity (Wildman–Crippen MR) is 254 cm³/mol. The first-order valence-corrected chi connectivity index (χ1v) is 24.0. The van der Waals surface area contributed by atoms with Gasteiger partial charge in [-0.05, 0) is 82.0 Å². The number of pyridine rings is 1. The van der Waals surface area contributed by atoms with Crippen LogP contribution in [0.15, 0.2) is 67.0 Å². The zero-order valence-corrected chi connectivity index (χ0v) is 41.9. The lowest BCUT2D eigenvalue weighted by Crippen LogP contribution is -2.74. The van der Waals surface area contributed by atoms with E-state index < -0.39 is 115 Å². The van der Waals surface area contributed by atoms with Gasteiger partial charge >= 0.3 is 31.1 Å². The van der Waals surface area contributed by atoms with Crippen LogP contribution in [0.5, 0.6) is 0 Å². The summed E-state index contributed by atoms with van der Waals surface area (Å²) >= 11 is 0. The van der Waals surface area contributed by atoms with Crippen LogP contribution in [-0.4, -0.2) is 154 Å². The van der Waals surface area contributed by atoms with E-state index in [-0.39, 0.29) is 15.9 Å². The number of alkyl carbamates (subject to hydrolysis) is 1. The zero-order valence-electron chi connectivity index (χ0n) is 41.9. The average Bonchev–Trinajstić information content (AvgIpc) is 3.85. The molecule has 2 aromatic heterocycles. The van der Waals surface area contributed by atoms with Crippen LogP contribution in [0.3, 0.4) is 0 Å². The van der Waals surface area contributed by atoms with Crippen molar-refractivity contribution in [3.63, 3.8) is 0 Å². The summed E-state index contributed by atoms with van der Waals surface area (Å²) in [6, 6.07) is 6.68. The normalized spacial score (nSPS) is 18.9. The Balaban J connectivity index is 1.19. The smallest absolute Gasteiger partial charge is 0.407 e. The van der Waals surface area contributed by atoms with Gasteiger partial charge in [-0.3, -0.25) is 19.9 Å². The van der Waals surface area contributed by atoms with Crippen molar-refractivity contribution in [3.8, 4) is 22.4 Å². The van der Waals surface area contributed by atoms with E-state index in [0.717, 1.165) is 57.9 Å². The number of anilines is 1. The van der Waals surface area contributed by atoms with Crippen molar-refractivity contribution in [2.24, 2.45) is 10.8 Å². The van der Waals surface area contributed by atoms with Crippen molar-refractivity contribution in [2.75, 3.05) is 44.9 Å². The molecular weight excluding hydrogens is 1050 g/mol. The number of carboxylic acid groups (broad SMARTS) is 1. The Labute approximate surface area is 434 Å². The number of nitrogens with zero attached hydrogens (tertiary/aromatic N) is 6. The summed E-state index contributed by atoms with van der Waals surface area (Å²) < 4.78 is 155. The number of piperidine rings is 1. The van der Waals surface area contributed by atoms with Crippen LogP contribution in [-0.2, 0) is 32.0 Å². The van der Waals surface area contributed by atoms with Crippen molar-refractivity contribution in [1.82, 2.24) is 46.0 Å². The second kappa shape index (κ2) is 22.7. The van der Waals surface area contributed by atoms with Gasteiger partial charge in [-0.2, -0.15) is 40.2 Å². The van der Waals surface area contributed by atoms with Crippen molar-refractivity contribution < 1.29 is 82.8 Å². The van der Waals surface area contributed by atoms with Crippen LogP contribution in [0.1, 0.15) is 51.8 Å². The average molecular weight is 1100 g/mol. The molecule has 0 radical (unpaired) electrons. The third-order valence-corrected chi connectivity index (χ3v) is 14.3. The van der Waals surface area contributed by atoms with Crippen LogP contribution in [0.4, 0.5) is 59.3 Å². The topological polar surface area (TPSA) is 216 Å². The number of hydrazine groups is 1. The molecule has 2 unspecified atom stereocenters. The molecule has 2 bridgehead atoms. The molecule has 2 aromatic carbocycles. The molecule has 4 aliphatic rings. The summed E-state index contributed by atoms with van der Waals surface area (Å²) in [5, 5.41) is 31.2. The Hall–Kier alpha value is -6.78. The Bertz CT molecular complexity index is 2730. The first-order chi connectivity index (χ1) is 36.0. The van der Waals surface area contributed by atoms with Crippen LogP contribution in [0.2, 0.25) is 0 Å². The lowest BCUT2D eigenvalue weighted by molar-refractivity contribution is -0.221. The predicted octanol–water partition coefficient (Wildman–Crippen LogP) is 6.41. The van der Waals surface area contributed by atoms with E-state index in [1.807, 2.05) is 22.9 Å². The van der Waals surface area contributed by atoms with E-state index in [1.54, 1.807) is 18.3 Å². The quantitative estimate of drug-likeness (QED) is 0.0418. The third kappa shape index (κ3) is 12.8. The Morgan fingerprint density at radius 1 is 0.805 bits per heavy atom. The first-order valence-electron chi connectivity index (χ1n) is 24.0. The maximum Gasteiger partial charge on any atom is 0.407 e. The second-order valence-electron chi connectivity index (χ2n) is 20.2. The summed E-state index contributed by atoms with van der Waals surface area (Å²) in [6.45, 7) is -0.267. The molecule has 8 rings (SSSR count). The largest absolute Gasteiger partial charge is 0.465 e. The maximum absolute atomic E-state index is 16.0. The number of rotatable bonds is 20. The van der Waals surface area contributed by atoms with Crippen LogP contribution in [0.25, 0.3) is 22.4 Å². The fourth-order valence-electron chi connectivity index (χ4n) is 9.39. The molecule has 4 saturated heterocycles. The zero-order chi connectivity index (χ0) is 56.5. The minimum Gasteiger partial charge on any atom is -0.465 e. The minimum absolute atomic E-state index is 0.191. The summed E-state index contributed by atoms with van der Waals surface area (Å²) in [6.07, 6.45) is -13.1. The molecule has 4 aliphatic heterocycles. The van der Waals surface area contributed by atoms with Gasteiger partial charge in [0.15, 0.2) is 0 Å². The van der Waals surface area contributed by atoms with Crippen LogP contribution < -0.4 is 26.3 Å². The van der Waals surface area contributed by atoms with E-state index >= 15 is 8.78 Å². The number of aliphatic hydroxyl groups excluding tert-OH is 1. The number of halogens is 10. The number of aromatic nitrogens is 3. The molecule has 4 fully saturated rings. The van der Waals surface area contributed by atoms with E-state index in [4.69, 9.17) is 9.72 Å². The lowest BCUT2D eigenvalue weighted by atomic mass is 9.82. The summed E-state index contributed by atoms with van der Waals surface area (Å²) in [4.78, 5) is 61.5. The van der Waals surface area contributed by atoms with Gasteiger partial charge in [0.05, 0.1) is 55.0 Å². The molecule has 28 heteroatoms. The van der Waals surface area contributed by atoms with Gasteiger partial charge in [-0.15, -0.1) is 0 Å². The Kier molecular flexibility index (Phi) is 17.0. The maximum atomic E-state index is 16.0. The summed E-state index contributed by atoms with van der Waals surface area (Å²) in [5.74, 6) is -5.42. The van der Waals surface area contributed by atoms with Gasteiger partial charge in [0.2, 0.25) is 5.91 Å². The summed E-state index contributed by atoms with van der Waals surface area (Å²) in [7, 11) is 0.816. The monoisotopic (exact) mass is 1100 g/mol. The van der Waals surface area contributed by atoms with E-state index in [1.165, 1.54) is 17.4 Å². The molecule has 4 amide bonds. The molecule has 6 atom stereocenters. The molecule has 0 saturated carbocycles. The second-order valence-corrected chi connectivity index (χ2v) is 20.2. The molecule has 0 aliphatic carbocycles. The fourth-order valence-corrected chi connectivity index (χ4v) is 9.39. The van der Waals surface area contributed by atoms with Crippen molar-refractivity contribution >= 4 is 29.8 Å². The van der Waals surface area contributed by atoms with Gasteiger partial charge in [0, 0.05) is 67.3 Å². The third-order valence-electron chi connectivity index (χ3n) is 14.3. The number of hydrogen-bond acceptors (Lipinski definition) is 12. The number of fused-ring (bicyclic) bond motifs is 2. The van der Waals surface area contributed by atoms with Gasteiger partial charge in [-0.25, -0.2) is 33.0 Å². The highest BCUT2D eigenvalue weighted by molar-refractivity contribution is 5.87. The van der Waals surface area contributed by atoms with Gasteiger partial charge in [0.1, 0.15) is 29.5 Å². The summed E-state index contributed by atoms with van der Waals surface area (Å²) in [5.41, 5.74) is -4.30. The Morgan fingerprint density at radius 3 is 1.88 bits per heavy atom. The number of benzene rings is 2. The number of piperazine rings is 1. The molecule has 4 aromatic rings. The number of aliphatic hydroxyl groups is 1. The molecule has 420 valence electrons. The standard InChI is InChI=1S/C49H56F10N10O8/c1-46(2,48(54,55)56)39(63-45(75)76-5)41(71)61-36(14-25-6-8-26(9-7-25)27-10-11-38(60-18-27)66-19-29-17-30(20-66)69(29)31-23-77-24-31)37(70)22-67(65-42(72)40(62-44(73)74)47(3,4)49(57,58)59)21-32-33(50)15-28(16-34(32)51)35-12-13-68(64-35)43(52)53/h6-13,15-16,18,29-31,36-37,39-40,43,62,70H,14,17,19-24H2,1-5H3,(H,61,71)(H,63,75)(H,65,72)(H,73,74)/t29?,30?,36-,37-,39+,40+/m0/s1. The first kappa shape index (κ1) is 57.9. The van der Waals surface area contributed by atoms with Gasteiger partial charge in [-0.1, -0.05) is 24.3 Å². The van der Waals surface area contributed by atoms with E-state index in [9.17, 15) is 64.5 Å². The highest BCUT2D eigenvalue weighted by Crippen LogP contribution is 2.42. The number of hydrogen-bond donors (Lipinski definition) is 6. The Morgan fingerprint density at radius 2 is 1.39 bits per heavy atom. The van der Waals surface area contributed by atoms with Crippen LogP contribution >= 0.6 is 0 Å². The van der Waals surface area contributed by atoms with Crippen molar-refractivity contribution in [1.29, 1.82) is 0 Å². The number of alkyl halides is 8. The molecule has 77 heavy (non-hydrogen) atoms. The number of nitrogens with one attached hydrogen (secondary N) is 4. The van der Waals surface area contributed by atoms with E-state index in [2.05, 4.69) is 25.0 Å². The number of carbonyl (C=O) groups is 4. The minimum atomic E-state index is -5.28. The highest BCUT2D eigenvalue weighted by atomic mass is 19.4. The fraction of sp³-hybridized carbons (Fsp3) is 0.510.